The van der Waals surface area contributed by atoms with Gasteiger partial charge in [-0.1, -0.05) is 30.6 Å². The van der Waals surface area contributed by atoms with Crippen LogP contribution in [0.1, 0.15) is 25.8 Å². The molecule has 1 fully saturated rings. The lowest BCUT2D eigenvalue weighted by Gasteiger charge is -2.22. The summed E-state index contributed by atoms with van der Waals surface area (Å²) in [6.45, 7) is 6.52. The van der Waals surface area contributed by atoms with E-state index in [-0.39, 0.29) is 5.84 Å². The summed E-state index contributed by atoms with van der Waals surface area (Å²) in [6.07, 6.45) is 1.16. The molecule has 0 unspecified atom stereocenters. The summed E-state index contributed by atoms with van der Waals surface area (Å²) in [5.74, 6) is 0.0743. The minimum atomic E-state index is 0.0743. The van der Waals surface area contributed by atoms with Crippen LogP contribution in [0.5, 0.6) is 0 Å². The Labute approximate surface area is 112 Å². The van der Waals surface area contributed by atoms with Gasteiger partial charge in [0.25, 0.3) is 0 Å². The van der Waals surface area contributed by atoms with Crippen molar-refractivity contribution in [2.24, 2.45) is 16.3 Å². The Morgan fingerprint density at radius 3 is 2.72 bits per heavy atom. The second-order valence-corrected chi connectivity index (χ2v) is 5.89. The van der Waals surface area contributed by atoms with Crippen LogP contribution >= 0.6 is 11.6 Å². The second kappa shape index (κ2) is 4.69. The van der Waals surface area contributed by atoms with Crippen LogP contribution < -0.4 is 10.6 Å². The van der Waals surface area contributed by atoms with Crippen molar-refractivity contribution in [1.82, 2.24) is 0 Å². The molecule has 0 atom stereocenters. The maximum Gasteiger partial charge on any atom is 0.170 e. The molecule has 1 aromatic rings. The Morgan fingerprint density at radius 1 is 1.50 bits per heavy atom. The van der Waals surface area contributed by atoms with Gasteiger partial charge in [-0.2, -0.15) is 0 Å². The van der Waals surface area contributed by atoms with E-state index in [0.717, 1.165) is 25.2 Å². The Bertz CT molecular complexity index is 485. The van der Waals surface area contributed by atoms with E-state index in [1.165, 1.54) is 0 Å². The van der Waals surface area contributed by atoms with Gasteiger partial charge in [-0.05, 0) is 30.0 Å². The summed E-state index contributed by atoms with van der Waals surface area (Å²) in [6, 6.07) is 5.48. The van der Waals surface area contributed by atoms with Gasteiger partial charge in [-0.15, -0.1) is 0 Å². The quantitative estimate of drug-likeness (QED) is 0.375. The highest BCUT2D eigenvalue weighted by Gasteiger charge is 2.30. The van der Waals surface area contributed by atoms with Crippen LogP contribution in [0.2, 0.25) is 5.02 Å². The molecule has 2 rings (SSSR count). The number of rotatable bonds is 2. The van der Waals surface area contributed by atoms with Crippen molar-refractivity contribution in [3.63, 3.8) is 0 Å². The summed E-state index contributed by atoms with van der Waals surface area (Å²) in [4.78, 5) is 2.28. The fraction of sp³-hybridized carbons (Fsp3) is 0.462. The molecule has 4 nitrogen and oxygen atoms in total. The molecule has 1 saturated heterocycles. The molecular formula is C13H18ClN3O. The van der Waals surface area contributed by atoms with Crippen LogP contribution in [0.4, 0.5) is 5.69 Å². The predicted octanol–water partition coefficient (Wildman–Crippen LogP) is 2.67. The molecule has 0 aromatic heterocycles. The van der Waals surface area contributed by atoms with E-state index < -0.39 is 0 Å². The smallest absolute Gasteiger partial charge is 0.170 e. The Hall–Kier alpha value is -1.42. The van der Waals surface area contributed by atoms with Crippen LogP contribution in [-0.4, -0.2) is 24.1 Å². The first-order chi connectivity index (χ1) is 8.43. The van der Waals surface area contributed by atoms with Crippen molar-refractivity contribution >= 4 is 23.1 Å². The molecule has 1 aliphatic heterocycles. The van der Waals surface area contributed by atoms with Crippen molar-refractivity contribution < 1.29 is 5.21 Å². The fourth-order valence-corrected chi connectivity index (χ4v) is 2.60. The summed E-state index contributed by atoms with van der Waals surface area (Å²) in [5, 5.41) is 12.2. The van der Waals surface area contributed by atoms with E-state index in [1.807, 2.05) is 12.1 Å². The third-order valence-corrected chi connectivity index (χ3v) is 3.67. The van der Waals surface area contributed by atoms with Crippen molar-refractivity contribution in [2.75, 3.05) is 18.0 Å². The van der Waals surface area contributed by atoms with Gasteiger partial charge in [0, 0.05) is 18.7 Å². The molecule has 98 valence electrons. The van der Waals surface area contributed by atoms with Crippen LogP contribution in [-0.2, 0) is 0 Å². The summed E-state index contributed by atoms with van der Waals surface area (Å²) in [5.41, 5.74) is 7.50. The number of benzene rings is 1. The first-order valence-corrected chi connectivity index (χ1v) is 6.33. The lowest BCUT2D eigenvalue weighted by atomic mass is 9.93. The van der Waals surface area contributed by atoms with Gasteiger partial charge in [0.05, 0.1) is 10.7 Å². The van der Waals surface area contributed by atoms with Gasteiger partial charge in [0.15, 0.2) is 5.84 Å². The Morgan fingerprint density at radius 2 is 2.22 bits per heavy atom. The number of hydrogen-bond donors (Lipinski definition) is 2. The van der Waals surface area contributed by atoms with Crippen molar-refractivity contribution in [3.05, 3.63) is 28.8 Å². The zero-order valence-corrected chi connectivity index (χ0v) is 11.4. The molecule has 1 aliphatic rings. The topological polar surface area (TPSA) is 61.8 Å². The highest BCUT2D eigenvalue weighted by atomic mass is 35.5. The van der Waals surface area contributed by atoms with E-state index in [0.29, 0.717) is 16.0 Å². The number of amidine groups is 1. The van der Waals surface area contributed by atoms with Gasteiger partial charge in [-0.25, -0.2) is 0 Å². The van der Waals surface area contributed by atoms with Gasteiger partial charge >= 0.3 is 0 Å². The number of nitrogens with two attached hydrogens (primary N) is 1. The zero-order chi connectivity index (χ0) is 13.3. The average molecular weight is 268 g/mol. The molecule has 1 aromatic carbocycles. The Balaban J connectivity index is 2.26. The van der Waals surface area contributed by atoms with Gasteiger partial charge < -0.3 is 15.8 Å². The van der Waals surface area contributed by atoms with Crippen molar-refractivity contribution in [1.29, 1.82) is 0 Å². The first kappa shape index (κ1) is 13.0. The largest absolute Gasteiger partial charge is 0.409 e. The molecule has 1 heterocycles. The van der Waals surface area contributed by atoms with E-state index >= 15 is 0 Å². The molecule has 0 bridgehead atoms. The molecular weight excluding hydrogens is 250 g/mol. The van der Waals surface area contributed by atoms with E-state index in [1.54, 1.807) is 6.07 Å². The molecule has 0 spiro atoms. The fourth-order valence-electron chi connectivity index (χ4n) is 2.30. The number of anilines is 1. The Kier molecular flexibility index (Phi) is 3.39. The van der Waals surface area contributed by atoms with Gasteiger partial charge in [0.1, 0.15) is 0 Å². The lowest BCUT2D eigenvalue weighted by molar-refractivity contribution is 0.318. The van der Waals surface area contributed by atoms with Gasteiger partial charge in [-0.3, -0.25) is 0 Å². The minimum Gasteiger partial charge on any atom is -0.409 e. The van der Waals surface area contributed by atoms with Crippen LogP contribution in [0.3, 0.4) is 0 Å². The second-order valence-electron chi connectivity index (χ2n) is 5.49. The molecule has 3 N–H and O–H groups in total. The first-order valence-electron chi connectivity index (χ1n) is 5.95. The lowest BCUT2D eigenvalue weighted by Crippen LogP contribution is -2.23. The highest BCUT2D eigenvalue weighted by molar-refractivity contribution is 6.33. The molecule has 0 saturated carbocycles. The number of halogens is 1. The number of nitrogens with zero attached hydrogens (tertiary/aromatic N) is 2. The van der Waals surface area contributed by atoms with E-state index in [9.17, 15) is 0 Å². The molecule has 18 heavy (non-hydrogen) atoms. The third kappa shape index (κ3) is 2.53. The molecule has 5 heteroatoms. The number of hydrogen-bond acceptors (Lipinski definition) is 3. The van der Waals surface area contributed by atoms with Crippen LogP contribution in [0.25, 0.3) is 0 Å². The van der Waals surface area contributed by atoms with Crippen molar-refractivity contribution in [2.45, 2.75) is 20.3 Å². The summed E-state index contributed by atoms with van der Waals surface area (Å²) in [7, 11) is 0. The summed E-state index contributed by atoms with van der Waals surface area (Å²) < 4.78 is 0. The average Bonchev–Trinajstić information content (AvgIpc) is 2.68. The summed E-state index contributed by atoms with van der Waals surface area (Å²) >= 11 is 6.27. The highest BCUT2D eigenvalue weighted by Crippen LogP contribution is 2.36. The van der Waals surface area contributed by atoms with Gasteiger partial charge in [0.2, 0.25) is 0 Å². The van der Waals surface area contributed by atoms with Crippen molar-refractivity contribution in [3.8, 4) is 0 Å². The van der Waals surface area contributed by atoms with E-state index in [4.69, 9.17) is 22.5 Å². The zero-order valence-electron chi connectivity index (χ0n) is 10.7. The normalized spacial score (nSPS) is 19.3. The molecule has 0 aliphatic carbocycles. The molecule has 0 radical (unpaired) electrons. The maximum atomic E-state index is 8.64. The number of oxime groups is 1. The third-order valence-electron chi connectivity index (χ3n) is 3.37. The van der Waals surface area contributed by atoms with Crippen LogP contribution in [0, 0.1) is 5.41 Å². The predicted molar refractivity (Wildman–Crippen MR) is 74.6 cm³/mol. The minimum absolute atomic E-state index is 0.0743. The van der Waals surface area contributed by atoms with E-state index in [2.05, 4.69) is 23.9 Å². The molecule has 0 amide bonds. The SMILES string of the molecule is CC1(C)CCN(c2ccc(C(N)=NO)cc2Cl)C1. The monoisotopic (exact) mass is 267 g/mol. The maximum absolute atomic E-state index is 8.64. The van der Waals surface area contributed by atoms with Crippen LogP contribution in [0.15, 0.2) is 23.4 Å². The standard InChI is InChI=1S/C13H18ClN3O/c1-13(2)5-6-17(8-13)11-4-3-9(7-10(11)14)12(15)16-18/h3-4,7,18H,5-6,8H2,1-2H3,(H2,15,16).